The first-order valence-corrected chi connectivity index (χ1v) is 11.3. The van der Waals surface area contributed by atoms with Crippen LogP contribution in [0.15, 0.2) is 53.5 Å². The van der Waals surface area contributed by atoms with Crippen LogP contribution in [0.5, 0.6) is 0 Å². The second kappa shape index (κ2) is 10.3. The molecule has 3 N–H and O–H groups in total. The molecule has 0 saturated heterocycles. The minimum Gasteiger partial charge on any atom is -0.370 e. The molecule has 2 aromatic carbocycles. The van der Waals surface area contributed by atoms with Gasteiger partial charge in [0.1, 0.15) is 0 Å². The fraction of sp³-hybridized carbons (Fsp3) is 0.381. The number of fused-ring (bicyclic) bond motifs is 1. The summed E-state index contributed by atoms with van der Waals surface area (Å²) in [5, 5.41) is 3.02. The van der Waals surface area contributed by atoms with Crippen LogP contribution in [0, 0.1) is 0 Å². The van der Waals surface area contributed by atoms with Crippen LogP contribution < -0.4 is 15.4 Å². The van der Waals surface area contributed by atoms with Gasteiger partial charge in [0.2, 0.25) is 10.0 Å². The Balaban J connectivity index is 0.00000300. The fourth-order valence-electron chi connectivity index (χ4n) is 3.31. The maximum Gasteiger partial charge on any atom is 0.237 e. The lowest BCUT2D eigenvalue weighted by molar-refractivity contribution is 0.592. The molecule has 1 aliphatic heterocycles. The van der Waals surface area contributed by atoms with Crippen molar-refractivity contribution in [3.05, 3.63) is 59.7 Å². The maximum atomic E-state index is 12.7. The minimum atomic E-state index is -3.42. The second-order valence-electron chi connectivity index (χ2n) is 7.09. The smallest absolute Gasteiger partial charge is 0.237 e. The van der Waals surface area contributed by atoms with Gasteiger partial charge in [-0.05, 0) is 48.1 Å². The van der Waals surface area contributed by atoms with E-state index in [0.717, 1.165) is 29.8 Å². The quantitative estimate of drug-likeness (QED) is 0.324. The van der Waals surface area contributed by atoms with E-state index >= 15 is 0 Å². The van der Waals surface area contributed by atoms with Gasteiger partial charge in [0, 0.05) is 12.2 Å². The van der Waals surface area contributed by atoms with Crippen molar-refractivity contribution in [1.82, 2.24) is 0 Å². The van der Waals surface area contributed by atoms with Crippen LogP contribution >= 0.6 is 24.0 Å². The first kappa shape index (κ1) is 23.5. The molecule has 6 nitrogen and oxygen atoms in total. The largest absolute Gasteiger partial charge is 0.370 e. The van der Waals surface area contributed by atoms with Gasteiger partial charge < -0.3 is 11.1 Å². The molecule has 1 atom stereocenters. The van der Waals surface area contributed by atoms with Crippen molar-refractivity contribution in [1.29, 1.82) is 0 Å². The lowest BCUT2D eigenvalue weighted by Crippen LogP contribution is -2.33. The summed E-state index contributed by atoms with van der Waals surface area (Å²) in [5.74, 6) is 0.658. The van der Waals surface area contributed by atoms with E-state index in [0.29, 0.717) is 12.5 Å². The van der Waals surface area contributed by atoms with Gasteiger partial charge in [0.05, 0.1) is 18.0 Å². The van der Waals surface area contributed by atoms with Crippen LogP contribution in [-0.4, -0.2) is 33.2 Å². The van der Waals surface area contributed by atoms with Gasteiger partial charge in [0.25, 0.3) is 0 Å². The highest BCUT2D eigenvalue weighted by Crippen LogP contribution is 2.29. The Morgan fingerprint density at radius 3 is 2.59 bits per heavy atom. The number of nitrogens with one attached hydrogen (secondary N) is 1. The summed E-state index contributed by atoms with van der Waals surface area (Å²) in [7, 11) is -3.42. The first-order valence-electron chi connectivity index (χ1n) is 9.66. The van der Waals surface area contributed by atoms with Gasteiger partial charge in [-0.2, -0.15) is 0 Å². The third kappa shape index (κ3) is 5.85. The molecule has 0 aromatic heterocycles. The van der Waals surface area contributed by atoms with Crippen molar-refractivity contribution in [3.63, 3.8) is 0 Å². The molecule has 0 bridgehead atoms. The van der Waals surface area contributed by atoms with Crippen molar-refractivity contribution in [2.45, 2.75) is 32.6 Å². The van der Waals surface area contributed by atoms with Crippen molar-refractivity contribution >= 4 is 51.3 Å². The number of hydrogen-bond acceptors (Lipinski definition) is 3. The number of nitrogens with zero attached hydrogens (tertiary/aromatic N) is 2. The summed E-state index contributed by atoms with van der Waals surface area (Å²) < 4.78 is 26.8. The lowest BCUT2D eigenvalue weighted by atomic mass is 9.99. The summed E-state index contributed by atoms with van der Waals surface area (Å²) >= 11 is 0. The van der Waals surface area contributed by atoms with Gasteiger partial charge in [0.15, 0.2) is 5.96 Å². The Labute approximate surface area is 190 Å². The van der Waals surface area contributed by atoms with E-state index in [2.05, 4.69) is 36.3 Å². The van der Waals surface area contributed by atoms with Crippen molar-refractivity contribution in [3.8, 4) is 0 Å². The van der Waals surface area contributed by atoms with Gasteiger partial charge in [-0.15, -0.1) is 24.0 Å². The van der Waals surface area contributed by atoms with E-state index < -0.39 is 10.0 Å². The fourth-order valence-corrected chi connectivity index (χ4v) is 4.70. The zero-order chi connectivity index (χ0) is 20.1. The second-order valence-corrected chi connectivity index (χ2v) is 9.10. The molecule has 0 aliphatic carbocycles. The van der Waals surface area contributed by atoms with E-state index in [1.165, 1.54) is 9.87 Å². The highest BCUT2D eigenvalue weighted by atomic mass is 127. The van der Waals surface area contributed by atoms with Crippen LogP contribution in [-0.2, 0) is 16.4 Å². The van der Waals surface area contributed by atoms with Crippen LogP contribution in [0.1, 0.15) is 37.3 Å². The molecule has 3 rings (SSSR count). The molecule has 0 fully saturated rings. The number of para-hydroxylation sites is 1. The number of guanidine groups is 1. The Hall–Kier alpha value is -1.81. The molecular weight excluding hydrogens is 499 g/mol. The van der Waals surface area contributed by atoms with Crippen LogP contribution in [0.2, 0.25) is 0 Å². The van der Waals surface area contributed by atoms with Crippen molar-refractivity contribution in [2.75, 3.05) is 28.5 Å². The predicted octanol–water partition coefficient (Wildman–Crippen LogP) is 3.94. The Morgan fingerprint density at radius 1 is 1.21 bits per heavy atom. The molecule has 1 aliphatic rings. The number of nitrogens with two attached hydrogens (primary N) is 1. The number of rotatable bonds is 7. The molecule has 8 heteroatoms. The Bertz CT molecular complexity index is 945. The SMILES string of the molecule is CCC(C)c1ccc(NC(N)=NCCS(=O)(=O)N2CCc3ccccc32)cc1.I. The number of sulfonamides is 1. The van der Waals surface area contributed by atoms with E-state index in [1.807, 2.05) is 36.4 Å². The molecule has 0 amide bonds. The number of anilines is 2. The summed E-state index contributed by atoms with van der Waals surface area (Å²) in [6.45, 7) is 4.96. The molecular formula is C21H29IN4O2S. The van der Waals surface area contributed by atoms with E-state index in [4.69, 9.17) is 5.73 Å². The van der Waals surface area contributed by atoms with Crippen molar-refractivity contribution in [2.24, 2.45) is 10.7 Å². The van der Waals surface area contributed by atoms with Crippen molar-refractivity contribution < 1.29 is 8.42 Å². The molecule has 2 aromatic rings. The summed E-state index contributed by atoms with van der Waals surface area (Å²) in [4.78, 5) is 4.18. The van der Waals surface area contributed by atoms with Crippen LogP contribution in [0.25, 0.3) is 0 Å². The summed E-state index contributed by atoms with van der Waals surface area (Å²) in [6, 6.07) is 15.7. The number of benzene rings is 2. The Kier molecular flexibility index (Phi) is 8.33. The molecule has 158 valence electrons. The molecule has 1 unspecified atom stereocenters. The van der Waals surface area contributed by atoms with Gasteiger partial charge >= 0.3 is 0 Å². The minimum absolute atomic E-state index is 0. The molecule has 0 radical (unpaired) electrons. The summed E-state index contributed by atoms with van der Waals surface area (Å²) in [5.41, 5.74) is 9.88. The molecule has 29 heavy (non-hydrogen) atoms. The van der Waals surface area contributed by atoms with Gasteiger partial charge in [-0.1, -0.05) is 44.2 Å². The van der Waals surface area contributed by atoms with E-state index in [9.17, 15) is 8.42 Å². The number of aliphatic imine (C=N–C) groups is 1. The highest BCUT2D eigenvalue weighted by molar-refractivity contribution is 14.0. The zero-order valence-electron chi connectivity index (χ0n) is 16.8. The first-order chi connectivity index (χ1) is 13.4. The summed E-state index contributed by atoms with van der Waals surface area (Å²) in [6.07, 6.45) is 1.83. The number of hydrogen-bond donors (Lipinski definition) is 2. The predicted molar refractivity (Wildman–Crippen MR) is 132 cm³/mol. The molecule has 1 heterocycles. The van der Waals surface area contributed by atoms with Gasteiger partial charge in [-0.25, -0.2) is 8.42 Å². The third-order valence-electron chi connectivity index (χ3n) is 5.18. The highest BCUT2D eigenvalue weighted by Gasteiger charge is 2.28. The van der Waals surface area contributed by atoms with Crippen LogP contribution in [0.4, 0.5) is 11.4 Å². The average molecular weight is 528 g/mol. The number of halogens is 1. The standard InChI is InChI=1S/C21H28N4O2S.HI/c1-3-16(2)17-8-10-19(11-9-17)24-21(22)23-13-15-28(26,27)25-14-12-18-6-4-5-7-20(18)25;/h4-11,16H,3,12-15H2,1-2H3,(H3,22,23,24);1H. The van der Waals surface area contributed by atoms with E-state index in [1.54, 1.807) is 0 Å². The average Bonchev–Trinajstić information content (AvgIpc) is 3.13. The molecule has 0 saturated carbocycles. The zero-order valence-corrected chi connectivity index (χ0v) is 20.0. The third-order valence-corrected chi connectivity index (χ3v) is 6.93. The molecule has 0 spiro atoms. The maximum absolute atomic E-state index is 12.7. The van der Waals surface area contributed by atoms with Crippen LogP contribution in [0.3, 0.4) is 0 Å². The normalized spacial score (nSPS) is 14.8. The topological polar surface area (TPSA) is 87.8 Å². The lowest BCUT2D eigenvalue weighted by Gasteiger charge is -2.19. The monoisotopic (exact) mass is 528 g/mol. The van der Waals surface area contributed by atoms with E-state index in [-0.39, 0.29) is 42.2 Å². The Morgan fingerprint density at radius 2 is 1.90 bits per heavy atom. The van der Waals surface area contributed by atoms with Gasteiger partial charge in [-0.3, -0.25) is 9.30 Å².